The Morgan fingerprint density at radius 2 is 1.55 bits per heavy atom. The maximum atomic E-state index is 14.4. The van der Waals surface area contributed by atoms with Gasteiger partial charge in [-0.1, -0.05) is 55.4 Å². The van der Waals surface area contributed by atoms with Gasteiger partial charge in [0.1, 0.15) is 17.7 Å². The largest absolute Gasteiger partial charge is 0.507 e. The molecule has 18 nitrogen and oxygen atoms in total. The van der Waals surface area contributed by atoms with Crippen LogP contribution in [-0.4, -0.2) is 176 Å². The highest BCUT2D eigenvalue weighted by Crippen LogP contribution is 2.54. The number of aliphatic hydroxyl groups is 1. The fourth-order valence-corrected chi connectivity index (χ4v) is 16.8. The van der Waals surface area contributed by atoms with Crippen molar-refractivity contribution in [2.75, 3.05) is 81.0 Å². The summed E-state index contributed by atoms with van der Waals surface area (Å²) >= 11 is 1.61. The lowest BCUT2D eigenvalue weighted by atomic mass is 9.59. The Kier molecular flexibility index (Phi) is 16.1. The predicted octanol–water partition coefficient (Wildman–Crippen LogP) is 8.26. The third-order valence-corrected chi connectivity index (χ3v) is 21.8. The summed E-state index contributed by atoms with van der Waals surface area (Å²) in [6, 6.07) is 20.7. The van der Waals surface area contributed by atoms with Crippen LogP contribution in [0, 0.1) is 24.2 Å². The zero-order valence-corrected chi connectivity index (χ0v) is 49.8. The number of anilines is 3. The summed E-state index contributed by atoms with van der Waals surface area (Å²) in [5.74, 6) is 1.30. The summed E-state index contributed by atoms with van der Waals surface area (Å²) in [6.07, 6.45) is 14.7. The molecule has 13 rings (SSSR count). The second-order valence-corrected chi connectivity index (χ2v) is 27.3. The Morgan fingerprint density at radius 1 is 0.831 bits per heavy atom. The molecule has 3 aromatic heterocycles. The fraction of sp³-hybridized carbons (Fsp3) is 0.625. The first-order valence-corrected chi connectivity index (χ1v) is 32.2. The molecule has 9 heterocycles. The smallest absolute Gasteiger partial charge is 0.243 e. The van der Waals surface area contributed by atoms with E-state index in [2.05, 4.69) is 62.3 Å². The molecule has 6 atom stereocenters. The predicted molar refractivity (Wildman–Crippen MR) is 322 cm³/mol. The zero-order valence-electron chi connectivity index (χ0n) is 49.0. The van der Waals surface area contributed by atoms with E-state index in [-0.39, 0.29) is 42.5 Å². The highest BCUT2D eigenvalue weighted by Gasteiger charge is 2.54. The molecule has 19 heteroatoms. The van der Waals surface area contributed by atoms with E-state index in [0.29, 0.717) is 70.5 Å². The van der Waals surface area contributed by atoms with Gasteiger partial charge >= 0.3 is 0 Å². The highest BCUT2D eigenvalue weighted by atomic mass is 32.1. The number of nitrogen functional groups attached to an aromatic ring is 1. The van der Waals surface area contributed by atoms with Crippen LogP contribution in [0.3, 0.4) is 0 Å². The number of para-hydroxylation sites is 1. The first kappa shape index (κ1) is 56.4. The average molecular weight is 1150 g/mol. The molecule has 2 saturated carbocycles. The van der Waals surface area contributed by atoms with Gasteiger partial charge in [-0.25, -0.2) is 4.98 Å². The first-order valence-electron chi connectivity index (χ1n) is 31.3. The normalized spacial score (nSPS) is 27.3. The number of β-amino-alcohol motifs (C(OH)–C–C–N with tert-alkyl or cyclic N) is 1. The van der Waals surface area contributed by atoms with E-state index >= 15 is 0 Å². The number of benzene rings is 2. The third-order valence-electron chi connectivity index (χ3n) is 20.8. The Hall–Kier alpha value is -5.70. The van der Waals surface area contributed by atoms with E-state index < -0.39 is 18.1 Å². The molecule has 5 aromatic rings. The number of carbonyl (C=O) groups excluding carboxylic acids is 2. The number of phenolic OH excluding ortho intramolecular Hbond substituents is 1. The number of aromatic hydroxyl groups is 1. The number of ether oxygens (including phenoxy) is 1. The molecule has 8 aliphatic rings. The number of aliphatic hydroxyl groups excluding tert-OH is 1. The quantitative estimate of drug-likeness (QED) is 0.0734. The molecule has 2 aromatic carbocycles. The minimum atomic E-state index is -0.792. The van der Waals surface area contributed by atoms with Crippen molar-refractivity contribution in [3.8, 4) is 27.4 Å². The molecule has 2 amide bonds. The van der Waals surface area contributed by atoms with Gasteiger partial charge in [0.05, 0.1) is 51.8 Å². The number of hydrogen-bond acceptors (Lipinski definition) is 17. The van der Waals surface area contributed by atoms with Crippen LogP contribution in [0.25, 0.3) is 21.7 Å². The Balaban J connectivity index is 0.511. The number of rotatable bonds is 16. The molecular weight excluding hydrogens is 1060 g/mol. The van der Waals surface area contributed by atoms with Gasteiger partial charge in [-0.3, -0.25) is 14.5 Å². The molecule has 2 aliphatic carbocycles. The summed E-state index contributed by atoms with van der Waals surface area (Å²) in [4.78, 5) is 48.4. The van der Waals surface area contributed by atoms with E-state index in [1.54, 1.807) is 22.3 Å². The minimum absolute atomic E-state index is 0.0962. The van der Waals surface area contributed by atoms with Crippen LogP contribution in [0.15, 0.2) is 70.7 Å². The first-order chi connectivity index (χ1) is 40.2. The number of thiazole rings is 1. The van der Waals surface area contributed by atoms with E-state index in [0.717, 1.165) is 105 Å². The number of nitrogens with one attached hydrogen (secondary N) is 1. The van der Waals surface area contributed by atoms with Crippen LogP contribution in [-0.2, 0) is 14.3 Å². The van der Waals surface area contributed by atoms with Crippen molar-refractivity contribution in [3.63, 3.8) is 0 Å². The van der Waals surface area contributed by atoms with Crippen LogP contribution in [0.1, 0.15) is 133 Å². The Bertz CT molecular complexity index is 3050. The number of amides is 2. The molecule has 2 bridgehead atoms. The van der Waals surface area contributed by atoms with Gasteiger partial charge in [-0.15, -0.1) is 21.5 Å². The number of fused-ring (bicyclic) bond motifs is 2. The van der Waals surface area contributed by atoms with Gasteiger partial charge in [0.25, 0.3) is 0 Å². The van der Waals surface area contributed by atoms with Crippen molar-refractivity contribution < 1.29 is 29.1 Å². The van der Waals surface area contributed by atoms with Crippen LogP contribution < -0.4 is 20.9 Å². The lowest BCUT2D eigenvalue weighted by molar-refractivity contribution is -0.141. The topological polar surface area (TPSA) is 206 Å². The van der Waals surface area contributed by atoms with Crippen LogP contribution >= 0.6 is 11.3 Å². The molecule has 444 valence electrons. The minimum Gasteiger partial charge on any atom is -0.507 e. The number of piperidine rings is 3. The second kappa shape index (κ2) is 23.6. The van der Waals surface area contributed by atoms with E-state index in [1.165, 1.54) is 64.5 Å². The molecule has 2 unspecified atom stereocenters. The molecule has 0 radical (unpaired) electrons. The Labute approximate surface area is 493 Å². The molecular formula is C64H86N12O6S. The lowest BCUT2D eigenvalue weighted by Crippen LogP contribution is -2.64. The van der Waals surface area contributed by atoms with Crippen molar-refractivity contribution in [1.29, 1.82) is 0 Å². The summed E-state index contributed by atoms with van der Waals surface area (Å²) in [5.41, 5.74) is 14.1. The van der Waals surface area contributed by atoms with Crippen LogP contribution in [0.2, 0.25) is 0 Å². The van der Waals surface area contributed by atoms with Crippen molar-refractivity contribution in [2.45, 2.75) is 172 Å². The number of aromatic nitrogens is 4. The zero-order chi connectivity index (χ0) is 57.1. The third kappa shape index (κ3) is 11.6. The number of piperazine rings is 1. The highest BCUT2D eigenvalue weighted by molar-refractivity contribution is 7.13. The van der Waals surface area contributed by atoms with Gasteiger partial charge in [0.2, 0.25) is 11.8 Å². The number of phenols is 1. The number of likely N-dealkylation sites (tertiary alicyclic amines) is 3. The van der Waals surface area contributed by atoms with Crippen LogP contribution in [0.4, 0.5) is 17.3 Å². The summed E-state index contributed by atoms with van der Waals surface area (Å²) < 4.78 is 12.8. The molecule has 5 N–H and O–H groups in total. The van der Waals surface area contributed by atoms with Gasteiger partial charge in [0, 0.05) is 94.6 Å². The maximum Gasteiger partial charge on any atom is 0.243 e. The standard InChI is InChI=1S/C64H86N12O6S/c1-39(2)59(63(80)75-37-49(77)29-55(75)62(79)67-40(3)43-9-11-44(12-10-43)60-41(4)66-38-83-60)57-31-58(70-82-57)73-23-15-42(16-24-73)34-71-21-17-50(18-22-71)81-51-27-47(28-51)72-25-19-64(20-26-72)32-48(33-64)76-45-13-14-46(76)36-74(35-45)54-30-53(68-69-61(54)65)52-7-5-6-8-56(52)78/h5-12,30-31,38-40,42,45-51,55,59,77-78H,13-29,32-37H2,1-4H3,(H2,65,69)(H,67,79)/t40-,45?,46?,47?,49+,51?,55-,59+/m0/s1. The van der Waals surface area contributed by atoms with Gasteiger partial charge in [0.15, 0.2) is 17.4 Å². The molecule has 6 saturated heterocycles. The Morgan fingerprint density at radius 3 is 2.24 bits per heavy atom. The number of nitrogens with zero attached hydrogens (tertiary/aromatic N) is 10. The lowest BCUT2D eigenvalue weighted by Gasteiger charge is -2.59. The SMILES string of the molecule is Cc1ncsc1-c1ccc([C@H](C)NC(=O)[C@@H]2C[C@@H](O)CN2C(=O)[C@@H](c2cc(N3CCC(CN4CCC(OC5CC(N6CCC7(CC6)CC(N6C8CCC6CN(c6cc(-c9ccccc9O)nnc6N)C8)C7)C5)CC4)CC3)no2)C(C)C)cc1. The molecule has 1 spiro atoms. The van der Waals surface area contributed by atoms with Gasteiger partial charge < -0.3 is 55.0 Å². The summed E-state index contributed by atoms with van der Waals surface area (Å²) in [7, 11) is 0. The number of hydrogen-bond donors (Lipinski definition) is 4. The average Bonchev–Trinajstić information content (AvgIpc) is 4.30. The van der Waals surface area contributed by atoms with Crippen molar-refractivity contribution >= 4 is 40.5 Å². The number of carbonyl (C=O) groups is 2. The van der Waals surface area contributed by atoms with E-state index in [1.807, 2.05) is 75.7 Å². The number of aryl methyl sites for hydroxylation is 1. The van der Waals surface area contributed by atoms with Crippen molar-refractivity contribution in [1.82, 2.24) is 45.3 Å². The second-order valence-electron chi connectivity index (χ2n) is 26.5. The summed E-state index contributed by atoms with van der Waals surface area (Å²) in [6.45, 7) is 17.5. The van der Waals surface area contributed by atoms with E-state index in [9.17, 15) is 19.8 Å². The fourth-order valence-electron chi connectivity index (χ4n) is 16.0. The van der Waals surface area contributed by atoms with Crippen LogP contribution in [0.5, 0.6) is 5.75 Å². The van der Waals surface area contributed by atoms with Crippen molar-refractivity contribution in [2.24, 2.45) is 17.3 Å². The molecule has 8 fully saturated rings. The number of nitrogens with two attached hydrogens (primary N) is 1. The van der Waals surface area contributed by atoms with Gasteiger partial charge in [-0.2, -0.15) is 0 Å². The maximum absolute atomic E-state index is 14.4. The molecule has 6 aliphatic heterocycles. The van der Waals surface area contributed by atoms with Gasteiger partial charge in [-0.05, 0) is 151 Å². The summed E-state index contributed by atoms with van der Waals surface area (Å²) in [5, 5.41) is 37.6. The van der Waals surface area contributed by atoms with E-state index in [4.69, 9.17) is 15.0 Å². The van der Waals surface area contributed by atoms with Crippen molar-refractivity contribution in [3.05, 3.63) is 83.2 Å². The monoisotopic (exact) mass is 1150 g/mol. The molecule has 83 heavy (non-hydrogen) atoms.